The van der Waals surface area contributed by atoms with Crippen LogP contribution in [-0.4, -0.2) is 24.5 Å². The first-order valence-electron chi connectivity index (χ1n) is 6.89. The normalized spacial score (nSPS) is 10.0. The predicted octanol–water partition coefficient (Wildman–Crippen LogP) is 2.97. The van der Waals surface area contributed by atoms with Gasteiger partial charge in [-0.05, 0) is 42.8 Å². The summed E-state index contributed by atoms with van der Waals surface area (Å²) in [6.07, 6.45) is 2.55. The topological polar surface area (TPSA) is 63.2 Å². The van der Waals surface area contributed by atoms with Gasteiger partial charge in [-0.25, -0.2) is 4.98 Å². The first-order chi connectivity index (χ1) is 10.2. The molecule has 0 aliphatic carbocycles. The molecule has 1 aromatic heterocycles. The van der Waals surface area contributed by atoms with E-state index in [4.69, 9.17) is 4.74 Å². The highest BCUT2D eigenvalue weighted by Crippen LogP contribution is 2.21. The summed E-state index contributed by atoms with van der Waals surface area (Å²) in [5, 5.41) is 6.01. The third-order valence-electron chi connectivity index (χ3n) is 2.94. The number of hydrogen-bond acceptors (Lipinski definition) is 4. The Morgan fingerprint density at radius 3 is 2.67 bits per heavy atom. The average molecular weight is 285 g/mol. The number of carbonyl (C=O) groups excluding carboxylic acids is 1. The summed E-state index contributed by atoms with van der Waals surface area (Å²) in [5.74, 6) is 1.19. The van der Waals surface area contributed by atoms with Crippen LogP contribution in [0.25, 0.3) is 0 Å². The van der Waals surface area contributed by atoms with Crippen molar-refractivity contribution in [2.24, 2.45) is 0 Å². The van der Waals surface area contributed by atoms with Crippen LogP contribution in [0.5, 0.6) is 5.75 Å². The first-order valence-corrected chi connectivity index (χ1v) is 6.89. The van der Waals surface area contributed by atoms with E-state index >= 15 is 0 Å². The molecule has 0 bridgehead atoms. The van der Waals surface area contributed by atoms with E-state index in [1.54, 1.807) is 25.4 Å². The largest absolute Gasteiger partial charge is 0.497 e. The summed E-state index contributed by atoms with van der Waals surface area (Å²) >= 11 is 0. The van der Waals surface area contributed by atoms with Crippen molar-refractivity contribution in [3.8, 4) is 5.75 Å². The lowest BCUT2D eigenvalue weighted by atomic mass is 10.2. The van der Waals surface area contributed by atoms with Gasteiger partial charge in [0.2, 0.25) is 0 Å². The maximum atomic E-state index is 12.1. The highest BCUT2D eigenvalue weighted by atomic mass is 16.5. The number of pyridine rings is 1. The van der Waals surface area contributed by atoms with Crippen molar-refractivity contribution < 1.29 is 9.53 Å². The van der Waals surface area contributed by atoms with Crippen LogP contribution in [0, 0.1) is 0 Å². The van der Waals surface area contributed by atoms with Crippen molar-refractivity contribution in [2.45, 2.75) is 13.3 Å². The van der Waals surface area contributed by atoms with Crippen LogP contribution < -0.4 is 15.4 Å². The van der Waals surface area contributed by atoms with E-state index < -0.39 is 0 Å². The van der Waals surface area contributed by atoms with Gasteiger partial charge in [0.1, 0.15) is 11.6 Å². The van der Waals surface area contributed by atoms with E-state index in [2.05, 4.69) is 15.6 Å². The van der Waals surface area contributed by atoms with Gasteiger partial charge in [-0.15, -0.1) is 0 Å². The Hall–Kier alpha value is -2.56. The van der Waals surface area contributed by atoms with Gasteiger partial charge >= 0.3 is 0 Å². The molecule has 110 valence electrons. The molecule has 2 N–H and O–H groups in total. The molecule has 0 atom stereocenters. The summed E-state index contributed by atoms with van der Waals surface area (Å²) in [4.78, 5) is 16.3. The van der Waals surface area contributed by atoms with Gasteiger partial charge in [-0.3, -0.25) is 4.79 Å². The first kappa shape index (κ1) is 14.8. The number of benzene rings is 1. The maximum Gasteiger partial charge on any atom is 0.255 e. The van der Waals surface area contributed by atoms with E-state index in [1.807, 2.05) is 31.2 Å². The van der Waals surface area contributed by atoms with E-state index in [1.165, 1.54) is 0 Å². The number of methoxy groups -OCH3 is 1. The summed E-state index contributed by atoms with van der Waals surface area (Å²) in [5.41, 5.74) is 1.38. The fourth-order valence-corrected chi connectivity index (χ4v) is 1.83. The summed E-state index contributed by atoms with van der Waals surface area (Å²) in [6.45, 7) is 2.66. The zero-order valence-corrected chi connectivity index (χ0v) is 12.2. The standard InChI is InChI=1S/C16H19N3O2/c1-3-10-18-16(20)14-5-4-11-17-15(14)19-12-6-8-13(21-2)9-7-12/h4-9,11H,3,10H2,1-2H3,(H,17,19)(H,18,20). The van der Waals surface area contributed by atoms with Crippen LogP contribution in [0.1, 0.15) is 23.7 Å². The molecule has 0 unspecified atom stereocenters. The number of ether oxygens (including phenoxy) is 1. The SMILES string of the molecule is CCCNC(=O)c1cccnc1Nc1ccc(OC)cc1. The Bertz CT molecular complexity index is 597. The lowest BCUT2D eigenvalue weighted by Crippen LogP contribution is -2.25. The lowest BCUT2D eigenvalue weighted by molar-refractivity contribution is 0.0954. The third-order valence-corrected chi connectivity index (χ3v) is 2.94. The second-order valence-corrected chi connectivity index (χ2v) is 4.51. The molecule has 0 spiro atoms. The minimum atomic E-state index is -0.124. The number of anilines is 2. The van der Waals surface area contributed by atoms with Gasteiger partial charge in [0.25, 0.3) is 5.91 Å². The van der Waals surface area contributed by atoms with Crippen LogP contribution in [0.2, 0.25) is 0 Å². The Morgan fingerprint density at radius 1 is 1.24 bits per heavy atom. The summed E-state index contributed by atoms with van der Waals surface area (Å²) in [7, 11) is 1.62. The number of amides is 1. The molecule has 5 heteroatoms. The Balaban J connectivity index is 2.17. The van der Waals surface area contributed by atoms with Gasteiger partial charge in [0.15, 0.2) is 0 Å². The third kappa shape index (κ3) is 3.95. The van der Waals surface area contributed by atoms with Crippen molar-refractivity contribution in [2.75, 3.05) is 19.0 Å². The molecular formula is C16H19N3O2. The van der Waals surface area contributed by atoms with Gasteiger partial charge < -0.3 is 15.4 Å². The highest BCUT2D eigenvalue weighted by molar-refractivity contribution is 5.99. The molecule has 0 aliphatic heterocycles. The number of nitrogens with one attached hydrogen (secondary N) is 2. The van der Waals surface area contributed by atoms with Crippen molar-refractivity contribution in [1.82, 2.24) is 10.3 Å². The predicted molar refractivity (Wildman–Crippen MR) is 83.1 cm³/mol. The number of hydrogen-bond donors (Lipinski definition) is 2. The van der Waals surface area contributed by atoms with Gasteiger partial charge in [0.05, 0.1) is 12.7 Å². The minimum absolute atomic E-state index is 0.124. The fourth-order valence-electron chi connectivity index (χ4n) is 1.83. The molecule has 0 radical (unpaired) electrons. The molecule has 2 aromatic rings. The molecule has 0 saturated heterocycles. The average Bonchev–Trinajstić information content (AvgIpc) is 2.54. The van der Waals surface area contributed by atoms with Crippen LogP contribution in [0.3, 0.4) is 0 Å². The molecule has 1 heterocycles. The van der Waals surface area contributed by atoms with Crippen molar-refractivity contribution in [3.05, 3.63) is 48.2 Å². The zero-order valence-electron chi connectivity index (χ0n) is 12.2. The minimum Gasteiger partial charge on any atom is -0.497 e. The fraction of sp³-hybridized carbons (Fsp3) is 0.250. The van der Waals surface area contributed by atoms with Crippen LogP contribution in [0.15, 0.2) is 42.6 Å². The summed E-state index contributed by atoms with van der Waals surface area (Å²) in [6, 6.07) is 11.0. The van der Waals surface area contributed by atoms with Gasteiger partial charge in [-0.2, -0.15) is 0 Å². The van der Waals surface area contributed by atoms with Gasteiger partial charge in [-0.1, -0.05) is 6.92 Å². The lowest BCUT2D eigenvalue weighted by Gasteiger charge is -2.11. The number of rotatable bonds is 6. The van der Waals surface area contributed by atoms with Crippen LogP contribution in [-0.2, 0) is 0 Å². The Labute approximate surface area is 124 Å². The molecule has 0 fully saturated rings. The van der Waals surface area contributed by atoms with Crippen molar-refractivity contribution in [1.29, 1.82) is 0 Å². The number of nitrogens with zero attached hydrogens (tertiary/aromatic N) is 1. The van der Waals surface area contributed by atoms with Gasteiger partial charge in [0, 0.05) is 18.4 Å². The smallest absolute Gasteiger partial charge is 0.255 e. The summed E-state index contributed by atoms with van der Waals surface area (Å²) < 4.78 is 5.12. The molecule has 2 rings (SSSR count). The molecule has 1 amide bonds. The molecule has 0 saturated carbocycles. The highest BCUT2D eigenvalue weighted by Gasteiger charge is 2.11. The quantitative estimate of drug-likeness (QED) is 0.856. The van der Waals surface area contributed by atoms with E-state index in [-0.39, 0.29) is 5.91 Å². The number of aromatic nitrogens is 1. The number of carbonyl (C=O) groups is 1. The van der Waals surface area contributed by atoms with E-state index in [0.29, 0.717) is 17.9 Å². The second-order valence-electron chi connectivity index (χ2n) is 4.51. The second kappa shape index (κ2) is 7.28. The van der Waals surface area contributed by atoms with E-state index in [0.717, 1.165) is 17.9 Å². The maximum absolute atomic E-state index is 12.1. The molecular weight excluding hydrogens is 266 g/mol. The van der Waals surface area contributed by atoms with Crippen LogP contribution >= 0.6 is 0 Å². The molecule has 0 aliphatic rings. The van der Waals surface area contributed by atoms with E-state index in [9.17, 15) is 4.79 Å². The molecule has 21 heavy (non-hydrogen) atoms. The van der Waals surface area contributed by atoms with Crippen molar-refractivity contribution >= 4 is 17.4 Å². The zero-order chi connectivity index (χ0) is 15.1. The Kier molecular flexibility index (Phi) is 5.15. The Morgan fingerprint density at radius 2 is 2.00 bits per heavy atom. The molecule has 1 aromatic carbocycles. The molecule has 5 nitrogen and oxygen atoms in total. The monoisotopic (exact) mass is 285 g/mol. The van der Waals surface area contributed by atoms with Crippen molar-refractivity contribution in [3.63, 3.8) is 0 Å². The van der Waals surface area contributed by atoms with Crippen LogP contribution in [0.4, 0.5) is 11.5 Å².